The number of nitrogens with zero attached hydrogens (tertiary/aromatic N) is 5. The fourth-order valence-corrected chi connectivity index (χ4v) is 1.96. The smallest absolute Gasteiger partial charge is 0.261 e. The maximum Gasteiger partial charge on any atom is 0.261 e. The zero-order valence-electron chi connectivity index (χ0n) is 9.57. The van der Waals surface area contributed by atoms with Crippen molar-refractivity contribution in [3.05, 3.63) is 21.9 Å². The molecule has 2 aromatic heterocycles. The number of tetrazole rings is 1. The van der Waals surface area contributed by atoms with Crippen LogP contribution in [0, 0.1) is 6.92 Å². The summed E-state index contributed by atoms with van der Waals surface area (Å²) in [7, 11) is 0. The van der Waals surface area contributed by atoms with E-state index in [2.05, 4.69) is 26.1 Å². The van der Waals surface area contributed by atoms with Gasteiger partial charge in [0.2, 0.25) is 5.95 Å². The lowest BCUT2D eigenvalue weighted by Gasteiger charge is -1.99. The molecule has 0 saturated carbocycles. The molecule has 0 unspecified atom stereocenters. The van der Waals surface area contributed by atoms with Crippen molar-refractivity contribution < 1.29 is 4.79 Å². The van der Waals surface area contributed by atoms with E-state index < -0.39 is 0 Å². The molecule has 2 heterocycles. The number of thiophene rings is 1. The first-order valence-corrected chi connectivity index (χ1v) is 5.92. The maximum atomic E-state index is 11.5. The number of nitrogens with one attached hydrogen (secondary N) is 1. The summed E-state index contributed by atoms with van der Waals surface area (Å²) in [4.78, 5) is 12.5. The van der Waals surface area contributed by atoms with Gasteiger partial charge in [0.05, 0.1) is 6.21 Å². The SMILES string of the molecule is Cc1ccsc1/C=N\NC(=O)Cn1nnnc1N. The average molecular weight is 265 g/mol. The first-order chi connectivity index (χ1) is 8.66. The van der Waals surface area contributed by atoms with Gasteiger partial charge in [0.15, 0.2) is 0 Å². The Morgan fingerprint density at radius 2 is 2.56 bits per heavy atom. The molecule has 0 aliphatic rings. The minimum atomic E-state index is -0.348. The fraction of sp³-hybridized carbons (Fsp3) is 0.222. The van der Waals surface area contributed by atoms with Crippen molar-refractivity contribution >= 4 is 29.4 Å². The number of rotatable bonds is 4. The highest BCUT2D eigenvalue weighted by Gasteiger charge is 2.06. The van der Waals surface area contributed by atoms with E-state index in [4.69, 9.17) is 5.73 Å². The lowest BCUT2D eigenvalue weighted by molar-refractivity contribution is -0.121. The second-order valence-electron chi connectivity index (χ2n) is 3.46. The molecule has 9 heteroatoms. The second kappa shape index (κ2) is 5.36. The quantitative estimate of drug-likeness (QED) is 0.586. The van der Waals surface area contributed by atoms with E-state index in [1.54, 1.807) is 17.6 Å². The van der Waals surface area contributed by atoms with Crippen LogP contribution in [0.25, 0.3) is 0 Å². The summed E-state index contributed by atoms with van der Waals surface area (Å²) in [5.74, 6) is -0.261. The molecule has 1 amide bonds. The van der Waals surface area contributed by atoms with Gasteiger partial charge in [-0.1, -0.05) is 5.10 Å². The first-order valence-electron chi connectivity index (χ1n) is 5.04. The van der Waals surface area contributed by atoms with Crippen LogP contribution in [0.5, 0.6) is 0 Å². The molecular formula is C9H11N7OS. The molecule has 0 fully saturated rings. The van der Waals surface area contributed by atoms with Crippen LogP contribution in [0.3, 0.4) is 0 Å². The molecule has 0 aliphatic heterocycles. The monoisotopic (exact) mass is 265 g/mol. The summed E-state index contributed by atoms with van der Waals surface area (Å²) in [5.41, 5.74) is 8.92. The normalized spacial score (nSPS) is 10.9. The van der Waals surface area contributed by atoms with Gasteiger partial charge in [-0.15, -0.1) is 11.3 Å². The first kappa shape index (κ1) is 12.2. The predicted molar refractivity (Wildman–Crippen MR) is 67.0 cm³/mol. The highest BCUT2D eigenvalue weighted by atomic mass is 32.1. The van der Waals surface area contributed by atoms with Gasteiger partial charge in [0.1, 0.15) is 6.54 Å². The largest absolute Gasteiger partial charge is 0.367 e. The van der Waals surface area contributed by atoms with Crippen LogP contribution in [0.15, 0.2) is 16.5 Å². The van der Waals surface area contributed by atoms with Crippen LogP contribution >= 0.6 is 11.3 Å². The van der Waals surface area contributed by atoms with E-state index in [1.165, 1.54) is 4.68 Å². The van der Waals surface area contributed by atoms with Crippen molar-refractivity contribution in [1.82, 2.24) is 25.6 Å². The van der Waals surface area contributed by atoms with Crippen molar-refractivity contribution in [2.75, 3.05) is 5.73 Å². The third kappa shape index (κ3) is 2.88. The van der Waals surface area contributed by atoms with Gasteiger partial charge >= 0.3 is 0 Å². The van der Waals surface area contributed by atoms with Crippen molar-refractivity contribution in [2.45, 2.75) is 13.5 Å². The van der Waals surface area contributed by atoms with Gasteiger partial charge in [-0.2, -0.15) is 5.10 Å². The number of hydrogen-bond acceptors (Lipinski definition) is 7. The van der Waals surface area contributed by atoms with Crippen LogP contribution in [-0.4, -0.2) is 32.3 Å². The Kier molecular flexibility index (Phi) is 3.63. The number of aromatic nitrogens is 4. The third-order valence-corrected chi connectivity index (χ3v) is 3.08. The summed E-state index contributed by atoms with van der Waals surface area (Å²) in [6.45, 7) is 1.90. The van der Waals surface area contributed by atoms with Crippen LogP contribution in [0.2, 0.25) is 0 Å². The van der Waals surface area contributed by atoms with Gasteiger partial charge in [-0.25, -0.2) is 10.1 Å². The highest BCUT2D eigenvalue weighted by molar-refractivity contribution is 7.11. The predicted octanol–water partition coefficient (Wildman–Crippen LogP) is -0.224. The number of nitrogen functional groups attached to an aromatic ring is 1. The Hall–Kier alpha value is -2.29. The van der Waals surface area contributed by atoms with Crippen molar-refractivity contribution in [1.29, 1.82) is 0 Å². The Morgan fingerprint density at radius 3 is 3.17 bits per heavy atom. The molecule has 18 heavy (non-hydrogen) atoms. The summed E-state index contributed by atoms with van der Waals surface area (Å²) in [5, 5.41) is 16.1. The Bertz CT molecular complexity index is 573. The number of anilines is 1. The van der Waals surface area contributed by atoms with Crippen LogP contribution < -0.4 is 11.2 Å². The Balaban J connectivity index is 1.87. The number of amides is 1. The third-order valence-electron chi connectivity index (χ3n) is 2.13. The zero-order chi connectivity index (χ0) is 13.0. The van der Waals surface area contributed by atoms with Gasteiger partial charge in [0.25, 0.3) is 5.91 Å². The molecule has 0 aromatic carbocycles. The van der Waals surface area contributed by atoms with E-state index >= 15 is 0 Å². The van der Waals surface area contributed by atoms with Gasteiger partial charge in [-0.3, -0.25) is 4.79 Å². The summed E-state index contributed by atoms with van der Waals surface area (Å²) < 4.78 is 1.18. The minimum Gasteiger partial charge on any atom is -0.367 e. The molecule has 2 aromatic rings. The van der Waals surface area contributed by atoms with Crippen molar-refractivity contribution in [3.8, 4) is 0 Å². The van der Waals surface area contributed by atoms with E-state index in [1.807, 2.05) is 18.4 Å². The van der Waals surface area contributed by atoms with E-state index in [-0.39, 0.29) is 18.4 Å². The topological polar surface area (TPSA) is 111 Å². The van der Waals surface area contributed by atoms with Gasteiger partial charge < -0.3 is 5.73 Å². The number of carbonyl (C=O) groups is 1. The van der Waals surface area contributed by atoms with Crippen LogP contribution in [0.4, 0.5) is 5.95 Å². The number of aryl methyl sites for hydroxylation is 1. The Morgan fingerprint density at radius 1 is 1.72 bits per heavy atom. The van der Waals surface area contributed by atoms with E-state index in [0.717, 1.165) is 10.4 Å². The van der Waals surface area contributed by atoms with Crippen LogP contribution in [-0.2, 0) is 11.3 Å². The molecule has 2 rings (SSSR count). The van der Waals surface area contributed by atoms with E-state index in [9.17, 15) is 4.79 Å². The fourth-order valence-electron chi connectivity index (χ4n) is 1.18. The summed E-state index contributed by atoms with van der Waals surface area (Å²) >= 11 is 1.55. The van der Waals surface area contributed by atoms with Gasteiger partial charge in [-0.05, 0) is 34.4 Å². The van der Waals surface area contributed by atoms with Crippen molar-refractivity contribution in [2.24, 2.45) is 5.10 Å². The molecule has 0 radical (unpaired) electrons. The highest BCUT2D eigenvalue weighted by Crippen LogP contribution is 2.12. The molecule has 0 saturated heterocycles. The molecule has 0 atom stereocenters. The number of hydrogen-bond donors (Lipinski definition) is 2. The summed E-state index contributed by atoms with van der Waals surface area (Å²) in [6.07, 6.45) is 1.60. The average Bonchev–Trinajstić information content (AvgIpc) is 2.90. The maximum absolute atomic E-state index is 11.5. The lowest BCUT2D eigenvalue weighted by Crippen LogP contribution is -2.24. The number of nitrogens with two attached hydrogens (primary N) is 1. The molecule has 0 spiro atoms. The number of hydrazone groups is 1. The molecule has 3 N–H and O–H groups in total. The van der Waals surface area contributed by atoms with Crippen molar-refractivity contribution in [3.63, 3.8) is 0 Å². The van der Waals surface area contributed by atoms with Gasteiger partial charge in [0, 0.05) is 4.88 Å². The molecule has 8 nitrogen and oxygen atoms in total. The molecule has 0 aliphatic carbocycles. The standard InChI is InChI=1S/C9H11N7OS/c1-6-2-3-18-7(6)4-11-12-8(17)5-16-9(10)13-14-15-16/h2-4H,5H2,1H3,(H,12,17)(H2,10,13,15)/b11-4-. The Labute approximate surface area is 106 Å². The molecule has 0 bridgehead atoms. The second-order valence-corrected chi connectivity index (χ2v) is 4.40. The lowest BCUT2D eigenvalue weighted by atomic mass is 10.3. The zero-order valence-corrected chi connectivity index (χ0v) is 10.4. The number of carbonyl (C=O) groups excluding carboxylic acids is 1. The summed E-state index contributed by atoms with van der Waals surface area (Å²) in [6, 6.07) is 1.98. The minimum absolute atomic E-state index is 0.0698. The van der Waals surface area contributed by atoms with Crippen LogP contribution in [0.1, 0.15) is 10.4 Å². The van der Waals surface area contributed by atoms with E-state index in [0.29, 0.717) is 0 Å². The molecule has 94 valence electrons. The molecular weight excluding hydrogens is 254 g/mol.